The molecule has 1 aliphatic rings. The summed E-state index contributed by atoms with van der Waals surface area (Å²) in [5.41, 5.74) is 3.09. The van der Waals surface area contributed by atoms with Crippen molar-refractivity contribution in [3.63, 3.8) is 0 Å². The molecule has 0 atom stereocenters. The second-order valence-electron chi connectivity index (χ2n) is 3.36. The fourth-order valence-electron chi connectivity index (χ4n) is 0.835. The first-order chi connectivity index (χ1) is 5.79. The summed E-state index contributed by atoms with van der Waals surface area (Å²) in [4.78, 5) is 3.86. The summed E-state index contributed by atoms with van der Waals surface area (Å²) in [5.74, 6) is 0.579. The Morgan fingerprint density at radius 3 is 3.17 bits per heavy atom. The van der Waals surface area contributed by atoms with Crippen molar-refractivity contribution in [3.8, 4) is 0 Å². The van der Waals surface area contributed by atoms with Crippen molar-refractivity contribution in [2.75, 3.05) is 5.43 Å². The molecule has 0 aliphatic heterocycles. The number of nitrogens with zero attached hydrogens (tertiary/aromatic N) is 3. The van der Waals surface area contributed by atoms with E-state index in [1.54, 1.807) is 0 Å². The quantitative estimate of drug-likeness (QED) is 0.518. The summed E-state index contributed by atoms with van der Waals surface area (Å²) >= 11 is 0. The lowest BCUT2D eigenvalue weighted by Gasteiger charge is -1.96. The van der Waals surface area contributed by atoms with Gasteiger partial charge in [-0.15, -0.1) is 0 Å². The van der Waals surface area contributed by atoms with Crippen LogP contribution in [0, 0.1) is 5.41 Å². The molecule has 1 heterocycles. The van der Waals surface area contributed by atoms with Gasteiger partial charge in [-0.2, -0.15) is 15.2 Å². The van der Waals surface area contributed by atoms with Gasteiger partial charge in [0.1, 0.15) is 6.33 Å². The minimum atomic E-state index is 0.326. The second-order valence-corrected chi connectivity index (χ2v) is 3.36. The molecular formula is C7H11N5. The number of nitrogens with one attached hydrogen (secondary N) is 2. The van der Waals surface area contributed by atoms with Gasteiger partial charge in [0.2, 0.25) is 5.95 Å². The number of hydrogen-bond donors (Lipinski definition) is 2. The van der Waals surface area contributed by atoms with Crippen molar-refractivity contribution < 1.29 is 0 Å². The van der Waals surface area contributed by atoms with Crippen LogP contribution in [-0.2, 0) is 0 Å². The van der Waals surface area contributed by atoms with Crippen LogP contribution in [0.15, 0.2) is 11.4 Å². The molecule has 64 valence electrons. The molecule has 5 heteroatoms. The molecule has 0 aromatic carbocycles. The molecule has 1 aliphatic carbocycles. The Hall–Kier alpha value is -1.39. The summed E-state index contributed by atoms with van der Waals surface area (Å²) in [7, 11) is 0. The SMILES string of the molecule is CC1(/C=N/Nc2ncn[nH]2)CC1. The van der Waals surface area contributed by atoms with Crippen LogP contribution < -0.4 is 5.43 Å². The van der Waals surface area contributed by atoms with Crippen LogP contribution in [0.25, 0.3) is 0 Å². The monoisotopic (exact) mass is 165 g/mol. The van der Waals surface area contributed by atoms with Crippen LogP contribution in [0.3, 0.4) is 0 Å². The molecule has 12 heavy (non-hydrogen) atoms. The number of rotatable bonds is 3. The fraction of sp³-hybridized carbons (Fsp3) is 0.571. The molecule has 1 saturated carbocycles. The number of H-pyrrole nitrogens is 1. The maximum Gasteiger partial charge on any atom is 0.239 e. The zero-order valence-electron chi connectivity index (χ0n) is 6.91. The van der Waals surface area contributed by atoms with Gasteiger partial charge >= 0.3 is 0 Å². The molecule has 1 fully saturated rings. The molecule has 0 saturated heterocycles. The van der Waals surface area contributed by atoms with Crippen LogP contribution in [0.2, 0.25) is 0 Å². The average molecular weight is 165 g/mol. The number of anilines is 1. The van der Waals surface area contributed by atoms with Crippen LogP contribution in [0.5, 0.6) is 0 Å². The van der Waals surface area contributed by atoms with E-state index < -0.39 is 0 Å². The van der Waals surface area contributed by atoms with Crippen LogP contribution >= 0.6 is 0 Å². The van der Waals surface area contributed by atoms with Gasteiger partial charge < -0.3 is 0 Å². The third-order valence-corrected chi connectivity index (χ3v) is 2.00. The van der Waals surface area contributed by atoms with Crippen molar-refractivity contribution >= 4 is 12.2 Å². The fourth-order valence-corrected chi connectivity index (χ4v) is 0.835. The molecule has 0 radical (unpaired) electrons. The van der Waals surface area contributed by atoms with Gasteiger partial charge in [-0.25, -0.2) is 10.5 Å². The molecule has 0 unspecified atom stereocenters. The van der Waals surface area contributed by atoms with E-state index in [1.807, 2.05) is 6.21 Å². The van der Waals surface area contributed by atoms with Crippen LogP contribution in [-0.4, -0.2) is 21.4 Å². The summed E-state index contributed by atoms with van der Waals surface area (Å²) in [6.07, 6.45) is 5.83. The Balaban J connectivity index is 1.86. The lowest BCUT2D eigenvalue weighted by atomic mass is 10.2. The van der Waals surface area contributed by atoms with Gasteiger partial charge in [-0.05, 0) is 12.8 Å². The average Bonchev–Trinajstić information content (AvgIpc) is 2.61. The van der Waals surface area contributed by atoms with Crippen molar-refractivity contribution in [1.29, 1.82) is 0 Å². The summed E-state index contributed by atoms with van der Waals surface area (Å²) in [5, 5.41) is 10.4. The van der Waals surface area contributed by atoms with E-state index in [0.717, 1.165) is 0 Å². The number of hydrogen-bond acceptors (Lipinski definition) is 4. The molecule has 2 N–H and O–H groups in total. The Bertz CT molecular complexity index is 272. The van der Waals surface area contributed by atoms with Gasteiger partial charge in [0.25, 0.3) is 0 Å². The maximum absolute atomic E-state index is 4.04. The first kappa shape index (κ1) is 7.27. The topological polar surface area (TPSA) is 66.0 Å². The van der Waals surface area contributed by atoms with Crippen LogP contribution in [0.4, 0.5) is 5.95 Å². The molecule has 1 aromatic heterocycles. The van der Waals surface area contributed by atoms with Gasteiger partial charge in [-0.3, -0.25) is 0 Å². The first-order valence-corrected chi connectivity index (χ1v) is 3.94. The summed E-state index contributed by atoms with van der Waals surface area (Å²) in [6, 6.07) is 0. The minimum absolute atomic E-state index is 0.326. The van der Waals surface area contributed by atoms with E-state index in [0.29, 0.717) is 11.4 Å². The van der Waals surface area contributed by atoms with Crippen molar-refractivity contribution in [3.05, 3.63) is 6.33 Å². The highest BCUT2D eigenvalue weighted by atomic mass is 15.4. The van der Waals surface area contributed by atoms with E-state index in [9.17, 15) is 0 Å². The predicted octanol–water partition coefficient (Wildman–Crippen LogP) is 1.00. The van der Waals surface area contributed by atoms with E-state index in [-0.39, 0.29) is 0 Å². The smallest absolute Gasteiger partial charge is 0.239 e. The molecular weight excluding hydrogens is 154 g/mol. The lowest BCUT2D eigenvalue weighted by Crippen LogP contribution is -1.98. The van der Waals surface area contributed by atoms with Crippen LogP contribution in [0.1, 0.15) is 19.8 Å². The molecule has 0 spiro atoms. The van der Waals surface area contributed by atoms with E-state index in [1.165, 1.54) is 19.2 Å². The molecule has 1 aromatic rings. The molecule has 0 bridgehead atoms. The molecule has 2 rings (SSSR count). The van der Waals surface area contributed by atoms with Gasteiger partial charge in [0.15, 0.2) is 0 Å². The van der Waals surface area contributed by atoms with Gasteiger partial charge in [-0.1, -0.05) is 6.92 Å². The maximum atomic E-state index is 4.04. The third kappa shape index (κ3) is 1.61. The van der Waals surface area contributed by atoms with Crippen molar-refractivity contribution in [2.24, 2.45) is 10.5 Å². The van der Waals surface area contributed by atoms with Crippen molar-refractivity contribution in [1.82, 2.24) is 15.2 Å². The number of hydrazone groups is 1. The van der Waals surface area contributed by atoms with Gasteiger partial charge in [0.05, 0.1) is 0 Å². The van der Waals surface area contributed by atoms with E-state index in [2.05, 4.69) is 32.6 Å². The predicted molar refractivity (Wildman–Crippen MR) is 45.8 cm³/mol. The highest BCUT2D eigenvalue weighted by Crippen LogP contribution is 2.42. The van der Waals surface area contributed by atoms with Gasteiger partial charge in [0, 0.05) is 11.6 Å². The highest BCUT2D eigenvalue weighted by Gasteiger charge is 2.35. The Labute approximate surface area is 70.3 Å². The van der Waals surface area contributed by atoms with Crippen molar-refractivity contribution in [2.45, 2.75) is 19.8 Å². The first-order valence-electron chi connectivity index (χ1n) is 3.94. The summed E-state index contributed by atoms with van der Waals surface area (Å²) < 4.78 is 0. The third-order valence-electron chi connectivity index (χ3n) is 2.00. The largest absolute Gasteiger partial charge is 0.246 e. The molecule has 0 amide bonds. The standard InChI is InChI=1S/C7H11N5/c1-7(2-3-7)4-9-11-6-8-5-10-12-6/h4-5H,2-3H2,1H3,(H2,8,10,11,12)/b9-4+. The Kier molecular flexibility index (Phi) is 1.56. The number of aromatic amines is 1. The van der Waals surface area contributed by atoms with E-state index >= 15 is 0 Å². The zero-order valence-corrected chi connectivity index (χ0v) is 6.91. The Morgan fingerprint density at radius 2 is 2.58 bits per heavy atom. The number of aromatic nitrogens is 3. The highest BCUT2D eigenvalue weighted by molar-refractivity contribution is 5.69. The normalized spacial score (nSPS) is 19.8. The molecule has 5 nitrogen and oxygen atoms in total. The zero-order chi connectivity index (χ0) is 8.44. The lowest BCUT2D eigenvalue weighted by molar-refractivity contribution is 0.822. The second kappa shape index (κ2) is 2.58. The summed E-state index contributed by atoms with van der Waals surface area (Å²) in [6.45, 7) is 2.18. The minimum Gasteiger partial charge on any atom is -0.246 e. The van der Waals surface area contributed by atoms with E-state index in [4.69, 9.17) is 0 Å². The Morgan fingerprint density at radius 1 is 1.75 bits per heavy atom.